The van der Waals surface area contributed by atoms with E-state index in [1.807, 2.05) is 48.5 Å². The highest BCUT2D eigenvalue weighted by Gasteiger charge is 2.17. The lowest BCUT2D eigenvalue weighted by molar-refractivity contribution is -0.148. The molecule has 0 bridgehead atoms. The Balaban J connectivity index is 1.85. The van der Waals surface area contributed by atoms with Gasteiger partial charge >= 0.3 is 11.9 Å². The zero-order valence-corrected chi connectivity index (χ0v) is 19.1. The van der Waals surface area contributed by atoms with Crippen LogP contribution >= 0.6 is 0 Å². The molecule has 32 heavy (non-hydrogen) atoms. The van der Waals surface area contributed by atoms with Gasteiger partial charge in [0.25, 0.3) is 0 Å². The molecule has 0 aromatic heterocycles. The van der Waals surface area contributed by atoms with Gasteiger partial charge in [-0.1, -0.05) is 76.2 Å². The molecule has 0 N–H and O–H groups in total. The molecule has 0 aliphatic carbocycles. The largest absolute Gasteiger partial charge is 0.489 e. The van der Waals surface area contributed by atoms with E-state index in [0.29, 0.717) is 0 Å². The SMILES string of the molecule is CC(C)C(=O)OCCOc1c2ccccc2c(OCCOC(=O)C(C)C)c2ccccc12. The molecule has 0 heterocycles. The van der Waals surface area contributed by atoms with E-state index < -0.39 is 0 Å². The molecule has 0 aliphatic rings. The number of carbonyl (C=O) groups is 2. The molecule has 0 atom stereocenters. The highest BCUT2D eigenvalue weighted by molar-refractivity contribution is 6.11. The molecule has 6 heteroatoms. The number of esters is 2. The maximum Gasteiger partial charge on any atom is 0.308 e. The predicted octanol–water partition coefficient (Wildman–Crippen LogP) is 5.15. The van der Waals surface area contributed by atoms with E-state index in [1.54, 1.807) is 27.7 Å². The average molecular weight is 439 g/mol. The molecular weight excluding hydrogens is 408 g/mol. The third-order valence-electron chi connectivity index (χ3n) is 4.92. The smallest absolute Gasteiger partial charge is 0.308 e. The van der Waals surface area contributed by atoms with E-state index in [1.165, 1.54) is 0 Å². The van der Waals surface area contributed by atoms with E-state index in [2.05, 4.69) is 0 Å². The van der Waals surface area contributed by atoms with Crippen molar-refractivity contribution in [2.45, 2.75) is 27.7 Å². The van der Waals surface area contributed by atoms with Crippen LogP contribution in [-0.4, -0.2) is 38.4 Å². The van der Waals surface area contributed by atoms with E-state index >= 15 is 0 Å². The quantitative estimate of drug-likeness (QED) is 0.248. The second kappa shape index (κ2) is 10.8. The Morgan fingerprint density at radius 3 is 1.19 bits per heavy atom. The second-order valence-electron chi connectivity index (χ2n) is 8.09. The summed E-state index contributed by atoms with van der Waals surface area (Å²) in [6.45, 7) is 8.05. The van der Waals surface area contributed by atoms with Crippen LogP contribution in [0.1, 0.15) is 27.7 Å². The summed E-state index contributed by atoms with van der Waals surface area (Å²) in [5.41, 5.74) is 0. The summed E-state index contributed by atoms with van der Waals surface area (Å²) >= 11 is 0. The van der Waals surface area contributed by atoms with Crippen molar-refractivity contribution >= 4 is 33.5 Å². The van der Waals surface area contributed by atoms with Gasteiger partial charge in [-0.25, -0.2) is 0 Å². The van der Waals surface area contributed by atoms with Gasteiger partial charge in [-0.2, -0.15) is 0 Å². The highest BCUT2D eigenvalue weighted by atomic mass is 16.6. The number of ether oxygens (including phenoxy) is 4. The number of benzene rings is 3. The molecule has 0 amide bonds. The fourth-order valence-corrected chi connectivity index (χ4v) is 3.26. The molecule has 3 aromatic carbocycles. The van der Waals surface area contributed by atoms with Crippen LogP contribution in [0.3, 0.4) is 0 Å². The summed E-state index contributed by atoms with van der Waals surface area (Å²) in [6.07, 6.45) is 0. The summed E-state index contributed by atoms with van der Waals surface area (Å²) < 4.78 is 22.7. The van der Waals surface area contributed by atoms with Crippen LogP contribution in [0.5, 0.6) is 11.5 Å². The van der Waals surface area contributed by atoms with Gasteiger partial charge in [0.2, 0.25) is 0 Å². The number of rotatable bonds is 10. The standard InChI is InChI=1S/C26H30O6/c1-17(2)25(27)31-15-13-29-23-19-9-5-7-11-21(19)24(22-12-8-6-10-20(22)23)30-14-16-32-26(28)18(3)4/h5-12,17-18H,13-16H2,1-4H3. The maximum atomic E-state index is 11.7. The summed E-state index contributed by atoms with van der Waals surface area (Å²) in [5, 5.41) is 3.59. The lowest BCUT2D eigenvalue weighted by atomic mass is 10.0. The minimum Gasteiger partial charge on any atom is -0.489 e. The predicted molar refractivity (Wildman–Crippen MR) is 124 cm³/mol. The first-order valence-corrected chi connectivity index (χ1v) is 10.9. The topological polar surface area (TPSA) is 71.1 Å². The van der Waals surface area contributed by atoms with Crippen LogP contribution in [-0.2, 0) is 19.1 Å². The molecule has 0 unspecified atom stereocenters. The third kappa shape index (κ3) is 5.49. The van der Waals surface area contributed by atoms with Gasteiger partial charge in [-0.05, 0) is 0 Å². The molecule has 3 rings (SSSR count). The fourth-order valence-electron chi connectivity index (χ4n) is 3.26. The average Bonchev–Trinajstić information content (AvgIpc) is 2.79. The first-order chi connectivity index (χ1) is 15.4. The van der Waals surface area contributed by atoms with Gasteiger partial charge in [-0.3, -0.25) is 9.59 Å². The zero-order valence-electron chi connectivity index (χ0n) is 19.1. The zero-order chi connectivity index (χ0) is 23.1. The molecule has 0 radical (unpaired) electrons. The summed E-state index contributed by atoms with van der Waals surface area (Å²) in [4.78, 5) is 23.4. The van der Waals surface area contributed by atoms with Gasteiger partial charge in [0, 0.05) is 21.5 Å². The first-order valence-electron chi connectivity index (χ1n) is 10.9. The van der Waals surface area contributed by atoms with E-state index in [9.17, 15) is 9.59 Å². The minimum atomic E-state index is -0.245. The Bertz CT molecular complexity index is 943. The molecule has 0 saturated heterocycles. The van der Waals surface area contributed by atoms with E-state index in [-0.39, 0.29) is 50.2 Å². The maximum absolute atomic E-state index is 11.7. The monoisotopic (exact) mass is 438 g/mol. The van der Waals surface area contributed by atoms with Crippen molar-refractivity contribution in [1.29, 1.82) is 0 Å². The van der Waals surface area contributed by atoms with E-state index in [4.69, 9.17) is 18.9 Å². The van der Waals surface area contributed by atoms with Gasteiger partial charge < -0.3 is 18.9 Å². The first kappa shape index (κ1) is 23.4. The molecule has 170 valence electrons. The Hall–Kier alpha value is -3.28. The Labute approximate surface area is 188 Å². The summed E-state index contributed by atoms with van der Waals surface area (Å²) in [5.74, 6) is 0.599. The number of carbonyl (C=O) groups excluding carboxylic acids is 2. The van der Waals surface area contributed by atoms with Crippen molar-refractivity contribution in [2.24, 2.45) is 11.8 Å². The Kier molecular flexibility index (Phi) is 7.92. The lowest BCUT2D eigenvalue weighted by Gasteiger charge is -2.18. The van der Waals surface area contributed by atoms with Crippen LogP contribution in [0.2, 0.25) is 0 Å². The molecular formula is C26H30O6. The molecule has 0 fully saturated rings. The normalized spacial score (nSPS) is 11.2. The molecule has 3 aromatic rings. The van der Waals surface area contributed by atoms with Crippen LogP contribution < -0.4 is 9.47 Å². The fraction of sp³-hybridized carbons (Fsp3) is 0.385. The van der Waals surface area contributed by atoms with Gasteiger partial charge in [0.05, 0.1) is 11.8 Å². The molecule has 0 aliphatic heterocycles. The van der Waals surface area contributed by atoms with Crippen molar-refractivity contribution in [3.05, 3.63) is 48.5 Å². The second-order valence-corrected chi connectivity index (χ2v) is 8.09. The van der Waals surface area contributed by atoms with E-state index in [0.717, 1.165) is 33.0 Å². The van der Waals surface area contributed by atoms with Gasteiger partial charge in [-0.15, -0.1) is 0 Å². The van der Waals surface area contributed by atoms with Crippen LogP contribution in [0, 0.1) is 11.8 Å². The summed E-state index contributed by atoms with van der Waals surface area (Å²) in [7, 11) is 0. The van der Waals surface area contributed by atoms with Gasteiger partial charge in [0.1, 0.15) is 37.9 Å². The molecule has 0 saturated carbocycles. The summed E-state index contributed by atoms with van der Waals surface area (Å²) in [6, 6.07) is 15.7. The van der Waals surface area contributed by atoms with Gasteiger partial charge in [0.15, 0.2) is 0 Å². The van der Waals surface area contributed by atoms with Crippen molar-refractivity contribution in [3.63, 3.8) is 0 Å². The van der Waals surface area contributed by atoms with Crippen molar-refractivity contribution in [2.75, 3.05) is 26.4 Å². The molecule has 6 nitrogen and oxygen atoms in total. The van der Waals surface area contributed by atoms with Crippen molar-refractivity contribution < 1.29 is 28.5 Å². The van der Waals surface area contributed by atoms with Crippen LogP contribution in [0.15, 0.2) is 48.5 Å². The number of hydrogen-bond donors (Lipinski definition) is 0. The van der Waals surface area contributed by atoms with Crippen LogP contribution in [0.4, 0.5) is 0 Å². The molecule has 0 spiro atoms. The highest BCUT2D eigenvalue weighted by Crippen LogP contribution is 2.42. The Morgan fingerprint density at radius 1 is 0.594 bits per heavy atom. The number of fused-ring (bicyclic) bond motifs is 2. The Morgan fingerprint density at radius 2 is 0.906 bits per heavy atom. The lowest BCUT2D eigenvalue weighted by Crippen LogP contribution is -2.17. The van der Waals surface area contributed by atoms with Crippen molar-refractivity contribution in [1.82, 2.24) is 0 Å². The third-order valence-corrected chi connectivity index (χ3v) is 4.92. The minimum absolute atomic E-state index is 0.173. The number of hydrogen-bond acceptors (Lipinski definition) is 6. The van der Waals surface area contributed by atoms with Crippen LogP contribution in [0.25, 0.3) is 21.5 Å². The van der Waals surface area contributed by atoms with Crippen molar-refractivity contribution in [3.8, 4) is 11.5 Å².